The molecule has 0 saturated carbocycles. The number of benzene rings is 2. The maximum atomic E-state index is 14.3. The number of nitrogens with one attached hydrogen (secondary N) is 2. The van der Waals surface area contributed by atoms with E-state index >= 15 is 0 Å². The van der Waals surface area contributed by atoms with Crippen LogP contribution in [0.1, 0.15) is 16.8 Å². The van der Waals surface area contributed by atoms with Gasteiger partial charge in [-0.2, -0.15) is 13.4 Å². The minimum atomic E-state index is -3.86. The van der Waals surface area contributed by atoms with Gasteiger partial charge >= 0.3 is 0 Å². The normalized spacial score (nSPS) is 13.7. The van der Waals surface area contributed by atoms with Crippen LogP contribution in [0.25, 0.3) is 22.3 Å². The second-order valence-electron chi connectivity index (χ2n) is 11.3. The zero-order valence-corrected chi connectivity index (χ0v) is 28.0. The van der Waals surface area contributed by atoms with Crippen LogP contribution in [0.5, 0.6) is 0 Å². The van der Waals surface area contributed by atoms with E-state index in [1.54, 1.807) is 41.3 Å². The predicted molar refractivity (Wildman–Crippen MR) is 187 cm³/mol. The summed E-state index contributed by atoms with van der Waals surface area (Å²) in [6, 6.07) is 18.5. The van der Waals surface area contributed by atoms with E-state index in [1.807, 2.05) is 49.4 Å². The molecule has 0 aliphatic carbocycles. The molecule has 47 heavy (non-hydrogen) atoms. The third kappa shape index (κ3) is 5.91. The Bertz CT molecular complexity index is 2280. The summed E-state index contributed by atoms with van der Waals surface area (Å²) in [6.07, 6.45) is 2.89. The van der Waals surface area contributed by atoms with Gasteiger partial charge < -0.3 is 15.5 Å². The van der Waals surface area contributed by atoms with E-state index in [2.05, 4.69) is 25.5 Å². The third-order valence-corrected chi connectivity index (χ3v) is 11.7. The Morgan fingerprint density at radius 2 is 1.83 bits per heavy atom. The summed E-state index contributed by atoms with van der Waals surface area (Å²) in [5.74, 6) is 0.302. The van der Waals surface area contributed by atoms with Gasteiger partial charge in [-0.05, 0) is 60.7 Å². The molecule has 6 aromatic rings. The summed E-state index contributed by atoms with van der Waals surface area (Å²) in [7, 11) is -3.86. The molecule has 0 bridgehead atoms. The molecule has 0 atom stereocenters. The standard InChI is InChI=1S/C33H31ClN8O3S2/c1-21-6-3-4-7-23(21)19-41-31-24(16-26(32(41)43)30-22(2)42(20-37-30)47(44,45)29-8-5-15-46-29)18-36-33(39-31)38-25-9-10-28(27(34)17-25)40-13-11-35-12-14-40/h3-10,15-18,20,35H,11-14,19H2,1-2H3,(H,36,38,39). The fourth-order valence-electron chi connectivity index (χ4n) is 5.78. The minimum absolute atomic E-state index is 0.188. The number of rotatable bonds is 8. The van der Waals surface area contributed by atoms with Gasteiger partial charge in [0.1, 0.15) is 16.2 Å². The highest BCUT2D eigenvalue weighted by atomic mass is 35.5. The Balaban J connectivity index is 1.30. The highest BCUT2D eigenvalue weighted by Crippen LogP contribution is 2.31. The SMILES string of the molecule is Cc1ccccc1Cn1c(=O)c(-c2ncn(S(=O)(=O)c3cccs3)c2C)cc2cnc(Nc3ccc(N4CCNCC4)c(Cl)c3)nc21. The minimum Gasteiger partial charge on any atom is -0.368 e. The summed E-state index contributed by atoms with van der Waals surface area (Å²) in [5, 5.41) is 9.51. The Hall–Kier alpha value is -4.56. The van der Waals surface area contributed by atoms with Gasteiger partial charge in [-0.3, -0.25) is 9.36 Å². The van der Waals surface area contributed by atoms with Crippen molar-refractivity contribution in [1.82, 2.24) is 28.8 Å². The quantitative estimate of drug-likeness (QED) is 0.216. The van der Waals surface area contributed by atoms with Crippen molar-refractivity contribution in [2.24, 2.45) is 0 Å². The van der Waals surface area contributed by atoms with Crippen LogP contribution in [0.15, 0.2) is 87.6 Å². The number of thiophene rings is 1. The number of hydrogen-bond acceptors (Lipinski definition) is 10. The fourth-order valence-corrected chi connectivity index (χ4v) is 8.48. The second kappa shape index (κ2) is 12.6. The van der Waals surface area contributed by atoms with Gasteiger partial charge in [-0.15, -0.1) is 11.3 Å². The largest absolute Gasteiger partial charge is 0.368 e. The molecular weight excluding hydrogens is 656 g/mol. The second-order valence-corrected chi connectivity index (χ2v) is 14.7. The number of aryl methyl sites for hydroxylation is 1. The molecular formula is C33H31ClN8O3S2. The van der Waals surface area contributed by atoms with Gasteiger partial charge in [0.15, 0.2) is 0 Å². The number of pyridine rings is 1. The monoisotopic (exact) mass is 686 g/mol. The lowest BCUT2D eigenvalue weighted by atomic mass is 10.1. The van der Waals surface area contributed by atoms with Gasteiger partial charge in [0, 0.05) is 43.4 Å². The summed E-state index contributed by atoms with van der Waals surface area (Å²) in [4.78, 5) is 30.3. The molecule has 4 aromatic heterocycles. The highest BCUT2D eigenvalue weighted by Gasteiger charge is 2.25. The van der Waals surface area contributed by atoms with Crippen molar-refractivity contribution in [1.29, 1.82) is 0 Å². The maximum Gasteiger partial charge on any atom is 0.278 e. The molecule has 1 aliphatic heterocycles. The fraction of sp³-hybridized carbons (Fsp3) is 0.212. The zero-order chi connectivity index (χ0) is 32.7. The molecule has 0 amide bonds. The Morgan fingerprint density at radius 3 is 2.57 bits per heavy atom. The molecule has 1 fully saturated rings. The lowest BCUT2D eigenvalue weighted by Gasteiger charge is -2.30. The van der Waals surface area contributed by atoms with Crippen LogP contribution in [0.4, 0.5) is 17.3 Å². The van der Waals surface area contributed by atoms with Crippen LogP contribution in [-0.4, -0.2) is 58.1 Å². The summed E-state index contributed by atoms with van der Waals surface area (Å²) < 4.78 is 29.5. The zero-order valence-electron chi connectivity index (χ0n) is 25.6. The molecule has 0 unspecified atom stereocenters. The van der Waals surface area contributed by atoms with Gasteiger partial charge in [-0.1, -0.05) is 41.9 Å². The average Bonchev–Trinajstić information content (AvgIpc) is 3.75. The van der Waals surface area contributed by atoms with Crippen molar-refractivity contribution in [3.05, 3.63) is 111 Å². The number of fused-ring (bicyclic) bond motifs is 1. The van der Waals surface area contributed by atoms with Crippen LogP contribution in [0, 0.1) is 13.8 Å². The van der Waals surface area contributed by atoms with Crippen molar-refractivity contribution >= 4 is 61.3 Å². The van der Waals surface area contributed by atoms with Gasteiger partial charge in [0.05, 0.1) is 34.2 Å². The lowest BCUT2D eigenvalue weighted by Crippen LogP contribution is -2.43. The van der Waals surface area contributed by atoms with Crippen molar-refractivity contribution < 1.29 is 8.42 Å². The molecule has 11 nitrogen and oxygen atoms in total. The van der Waals surface area contributed by atoms with E-state index in [-0.39, 0.29) is 27.6 Å². The van der Waals surface area contributed by atoms with E-state index < -0.39 is 10.0 Å². The number of anilines is 3. The Kier molecular flexibility index (Phi) is 8.30. The lowest BCUT2D eigenvalue weighted by molar-refractivity contribution is 0.588. The molecule has 2 aromatic carbocycles. The van der Waals surface area contributed by atoms with Crippen molar-refractivity contribution in [3.8, 4) is 11.3 Å². The van der Waals surface area contributed by atoms with Crippen LogP contribution < -0.4 is 21.1 Å². The number of halogens is 1. The molecule has 7 rings (SSSR count). The molecule has 1 aliphatic rings. The van der Waals surface area contributed by atoms with E-state index in [9.17, 15) is 13.2 Å². The first-order valence-electron chi connectivity index (χ1n) is 15.0. The summed E-state index contributed by atoms with van der Waals surface area (Å²) >= 11 is 7.81. The van der Waals surface area contributed by atoms with E-state index in [0.717, 1.165) is 58.3 Å². The molecule has 0 radical (unpaired) electrons. The van der Waals surface area contributed by atoms with Gasteiger partial charge in [-0.25, -0.2) is 13.9 Å². The molecule has 5 heterocycles. The average molecular weight is 687 g/mol. The Labute approximate surface area is 280 Å². The number of hydrogen-bond donors (Lipinski definition) is 2. The summed E-state index contributed by atoms with van der Waals surface area (Å²) in [6.45, 7) is 7.45. The first kappa shape index (κ1) is 31.1. The van der Waals surface area contributed by atoms with Crippen molar-refractivity contribution in [2.45, 2.75) is 24.6 Å². The third-order valence-electron chi connectivity index (χ3n) is 8.31. The smallest absolute Gasteiger partial charge is 0.278 e. The number of nitrogens with zero attached hydrogens (tertiary/aromatic N) is 6. The highest BCUT2D eigenvalue weighted by molar-refractivity contribution is 7.92. The van der Waals surface area contributed by atoms with Crippen LogP contribution in [-0.2, 0) is 16.6 Å². The first-order valence-corrected chi connectivity index (χ1v) is 17.7. The van der Waals surface area contributed by atoms with Crippen LogP contribution in [0.2, 0.25) is 5.02 Å². The summed E-state index contributed by atoms with van der Waals surface area (Å²) in [5.41, 5.74) is 4.58. The van der Waals surface area contributed by atoms with E-state index in [4.69, 9.17) is 16.6 Å². The van der Waals surface area contributed by atoms with Gasteiger partial charge in [0.25, 0.3) is 15.6 Å². The molecule has 0 spiro atoms. The van der Waals surface area contributed by atoms with Crippen LogP contribution >= 0.6 is 22.9 Å². The first-order chi connectivity index (χ1) is 22.7. The molecule has 1 saturated heterocycles. The number of aromatic nitrogens is 5. The maximum absolute atomic E-state index is 14.3. The number of piperazine rings is 1. The van der Waals surface area contributed by atoms with Crippen molar-refractivity contribution in [2.75, 3.05) is 36.4 Å². The van der Waals surface area contributed by atoms with Crippen molar-refractivity contribution in [3.63, 3.8) is 0 Å². The molecule has 240 valence electrons. The van der Waals surface area contributed by atoms with E-state index in [0.29, 0.717) is 33.4 Å². The number of imidazole rings is 1. The predicted octanol–water partition coefficient (Wildman–Crippen LogP) is 5.43. The Morgan fingerprint density at radius 1 is 1.02 bits per heavy atom. The van der Waals surface area contributed by atoms with Crippen LogP contribution in [0.3, 0.4) is 0 Å². The van der Waals surface area contributed by atoms with E-state index in [1.165, 1.54) is 6.33 Å². The van der Waals surface area contributed by atoms with Gasteiger partial charge in [0.2, 0.25) is 5.95 Å². The molecule has 14 heteroatoms. The topological polar surface area (TPSA) is 127 Å². The molecule has 2 N–H and O–H groups in total.